The maximum absolute atomic E-state index is 12.1. The molecule has 108 valence electrons. The molecule has 19 heavy (non-hydrogen) atoms. The van der Waals surface area contributed by atoms with E-state index in [1.807, 2.05) is 0 Å². The first kappa shape index (κ1) is 15.8. The SMILES string of the molecule is C=CCCC(=O)[C@@H]1OC(C)(C)O[C@H]1C(=O)N(C)OC. The van der Waals surface area contributed by atoms with Crippen LogP contribution in [0.25, 0.3) is 0 Å². The van der Waals surface area contributed by atoms with Gasteiger partial charge in [-0.25, -0.2) is 5.06 Å². The minimum Gasteiger partial charge on any atom is -0.336 e. The summed E-state index contributed by atoms with van der Waals surface area (Å²) in [5.41, 5.74) is 0. The number of allylic oxidation sites excluding steroid dienone is 1. The Balaban J connectivity index is 2.83. The van der Waals surface area contributed by atoms with Crippen molar-refractivity contribution in [3.8, 4) is 0 Å². The number of hydrogen-bond donors (Lipinski definition) is 0. The summed E-state index contributed by atoms with van der Waals surface area (Å²) in [6.45, 7) is 6.90. The number of ketones is 1. The standard InChI is InChI=1S/C13H21NO5/c1-6-7-8-9(15)10-11(12(16)14(4)17-5)19-13(2,3)18-10/h6,10-11H,1,7-8H2,2-5H3/t10-,11+/m0/s1. The van der Waals surface area contributed by atoms with Crippen LogP contribution in [0, 0.1) is 0 Å². The molecular formula is C13H21NO5. The van der Waals surface area contributed by atoms with Gasteiger partial charge in [-0.15, -0.1) is 6.58 Å². The molecule has 1 rings (SSSR count). The Kier molecular flexibility index (Phi) is 5.22. The van der Waals surface area contributed by atoms with Crippen LogP contribution in [-0.4, -0.2) is 48.9 Å². The van der Waals surface area contributed by atoms with Gasteiger partial charge in [0.25, 0.3) is 5.91 Å². The minimum absolute atomic E-state index is 0.173. The summed E-state index contributed by atoms with van der Waals surface area (Å²) in [5, 5.41) is 1.03. The summed E-state index contributed by atoms with van der Waals surface area (Å²) < 4.78 is 11.0. The zero-order valence-electron chi connectivity index (χ0n) is 11.8. The van der Waals surface area contributed by atoms with Crippen LogP contribution in [0.1, 0.15) is 26.7 Å². The molecule has 2 atom stereocenters. The number of hydroxylamine groups is 2. The molecule has 1 fully saturated rings. The molecule has 0 unspecified atom stereocenters. The second kappa shape index (κ2) is 6.27. The molecule has 0 saturated carbocycles. The highest BCUT2D eigenvalue weighted by atomic mass is 16.8. The van der Waals surface area contributed by atoms with Gasteiger partial charge in [-0.3, -0.25) is 14.4 Å². The predicted octanol–water partition coefficient (Wildman–Crippen LogP) is 1.06. The first-order chi connectivity index (χ1) is 8.82. The number of amides is 1. The highest BCUT2D eigenvalue weighted by molar-refractivity contribution is 5.92. The van der Waals surface area contributed by atoms with E-state index in [9.17, 15) is 9.59 Å². The number of likely N-dealkylation sites (N-methyl/N-ethyl adjacent to an activating group) is 1. The topological polar surface area (TPSA) is 65.1 Å². The van der Waals surface area contributed by atoms with Crippen LogP contribution >= 0.6 is 0 Å². The Morgan fingerprint density at radius 2 is 1.95 bits per heavy atom. The second-order valence-electron chi connectivity index (χ2n) is 4.79. The van der Waals surface area contributed by atoms with E-state index in [2.05, 4.69) is 6.58 Å². The summed E-state index contributed by atoms with van der Waals surface area (Å²) in [7, 11) is 2.83. The fourth-order valence-electron chi connectivity index (χ4n) is 1.83. The first-order valence-corrected chi connectivity index (χ1v) is 6.13. The third kappa shape index (κ3) is 3.86. The zero-order valence-corrected chi connectivity index (χ0v) is 11.8. The van der Waals surface area contributed by atoms with Crippen molar-refractivity contribution in [2.24, 2.45) is 0 Å². The smallest absolute Gasteiger partial charge is 0.278 e. The summed E-state index contributed by atoms with van der Waals surface area (Å²) in [5.74, 6) is -1.58. The summed E-state index contributed by atoms with van der Waals surface area (Å²) in [6, 6.07) is 0. The lowest BCUT2D eigenvalue weighted by molar-refractivity contribution is -0.187. The summed E-state index contributed by atoms with van der Waals surface area (Å²) in [4.78, 5) is 29.0. The highest BCUT2D eigenvalue weighted by Crippen LogP contribution is 2.30. The molecule has 0 aromatic rings. The quantitative estimate of drug-likeness (QED) is 0.534. The van der Waals surface area contributed by atoms with Crippen molar-refractivity contribution in [3.05, 3.63) is 12.7 Å². The Hall–Kier alpha value is -1.24. The maximum Gasteiger partial charge on any atom is 0.278 e. The number of hydrogen-bond acceptors (Lipinski definition) is 5. The maximum atomic E-state index is 12.1. The van der Waals surface area contributed by atoms with E-state index in [1.54, 1.807) is 19.9 Å². The van der Waals surface area contributed by atoms with Gasteiger partial charge in [-0.2, -0.15) is 0 Å². The van der Waals surface area contributed by atoms with E-state index in [4.69, 9.17) is 14.3 Å². The van der Waals surface area contributed by atoms with Crippen molar-refractivity contribution < 1.29 is 23.9 Å². The van der Waals surface area contributed by atoms with Crippen molar-refractivity contribution in [1.29, 1.82) is 0 Å². The van der Waals surface area contributed by atoms with E-state index in [0.717, 1.165) is 5.06 Å². The fourth-order valence-corrected chi connectivity index (χ4v) is 1.83. The van der Waals surface area contributed by atoms with Crippen LogP contribution in [0.4, 0.5) is 0 Å². The Morgan fingerprint density at radius 1 is 1.37 bits per heavy atom. The zero-order chi connectivity index (χ0) is 14.6. The van der Waals surface area contributed by atoms with Crippen molar-refractivity contribution in [1.82, 2.24) is 5.06 Å². The molecule has 0 spiro atoms. The van der Waals surface area contributed by atoms with Gasteiger partial charge >= 0.3 is 0 Å². The Morgan fingerprint density at radius 3 is 2.47 bits per heavy atom. The average molecular weight is 271 g/mol. The van der Waals surface area contributed by atoms with Gasteiger partial charge in [-0.1, -0.05) is 6.08 Å². The molecule has 1 amide bonds. The Labute approximate surface area is 113 Å². The molecule has 6 heteroatoms. The molecule has 1 saturated heterocycles. The van der Waals surface area contributed by atoms with Crippen molar-refractivity contribution >= 4 is 11.7 Å². The lowest BCUT2D eigenvalue weighted by Gasteiger charge is -2.20. The molecule has 1 heterocycles. The minimum atomic E-state index is -0.975. The van der Waals surface area contributed by atoms with Crippen LogP contribution in [0.5, 0.6) is 0 Å². The third-order valence-electron chi connectivity index (χ3n) is 2.84. The van der Waals surface area contributed by atoms with Crippen LogP contribution in [0.15, 0.2) is 12.7 Å². The number of ether oxygens (including phenoxy) is 2. The molecule has 0 aliphatic carbocycles. The van der Waals surface area contributed by atoms with Gasteiger partial charge < -0.3 is 9.47 Å². The van der Waals surface area contributed by atoms with E-state index in [1.165, 1.54) is 14.2 Å². The van der Waals surface area contributed by atoms with Crippen LogP contribution in [0.2, 0.25) is 0 Å². The van der Waals surface area contributed by atoms with E-state index in [-0.39, 0.29) is 12.2 Å². The van der Waals surface area contributed by atoms with E-state index >= 15 is 0 Å². The molecule has 0 radical (unpaired) electrons. The molecular weight excluding hydrogens is 250 g/mol. The number of carbonyl (C=O) groups is 2. The first-order valence-electron chi connectivity index (χ1n) is 6.13. The normalized spacial score (nSPS) is 25.1. The second-order valence-corrected chi connectivity index (χ2v) is 4.79. The highest BCUT2D eigenvalue weighted by Gasteiger charge is 2.49. The number of Topliss-reactive ketones (excluding diaryl/α,β-unsaturated/α-hetero) is 1. The van der Waals surface area contributed by atoms with E-state index < -0.39 is 23.9 Å². The largest absolute Gasteiger partial charge is 0.336 e. The lowest BCUT2D eigenvalue weighted by Crippen LogP contribution is -2.44. The van der Waals surface area contributed by atoms with Gasteiger partial charge in [0.2, 0.25) is 0 Å². The van der Waals surface area contributed by atoms with Crippen molar-refractivity contribution in [2.75, 3.05) is 14.2 Å². The number of rotatable bonds is 6. The molecule has 0 aromatic carbocycles. The Bertz CT molecular complexity index is 366. The molecule has 0 N–H and O–H groups in total. The molecule has 1 aliphatic rings. The number of nitrogens with zero attached hydrogens (tertiary/aromatic N) is 1. The summed E-state index contributed by atoms with van der Waals surface area (Å²) in [6.07, 6.45) is 0.586. The average Bonchev–Trinajstić information content (AvgIpc) is 2.70. The molecule has 6 nitrogen and oxygen atoms in total. The fraction of sp³-hybridized carbons (Fsp3) is 0.692. The van der Waals surface area contributed by atoms with Crippen molar-refractivity contribution in [2.45, 2.75) is 44.7 Å². The molecule has 0 bridgehead atoms. The molecule has 0 aromatic heterocycles. The summed E-state index contributed by atoms with van der Waals surface area (Å²) >= 11 is 0. The van der Waals surface area contributed by atoms with Gasteiger partial charge in [0.15, 0.2) is 23.8 Å². The van der Waals surface area contributed by atoms with Gasteiger partial charge in [0.05, 0.1) is 7.11 Å². The van der Waals surface area contributed by atoms with Crippen LogP contribution < -0.4 is 0 Å². The van der Waals surface area contributed by atoms with Crippen molar-refractivity contribution in [3.63, 3.8) is 0 Å². The predicted molar refractivity (Wildman–Crippen MR) is 68.0 cm³/mol. The monoisotopic (exact) mass is 271 g/mol. The third-order valence-corrected chi connectivity index (χ3v) is 2.84. The van der Waals surface area contributed by atoms with Gasteiger partial charge in [0.1, 0.15) is 0 Å². The van der Waals surface area contributed by atoms with Crippen LogP contribution in [-0.2, 0) is 23.9 Å². The van der Waals surface area contributed by atoms with Gasteiger partial charge in [-0.05, 0) is 20.3 Å². The number of carbonyl (C=O) groups excluding carboxylic acids is 2. The molecule has 1 aliphatic heterocycles. The van der Waals surface area contributed by atoms with E-state index in [0.29, 0.717) is 6.42 Å². The lowest BCUT2D eigenvalue weighted by atomic mass is 10.0. The van der Waals surface area contributed by atoms with Crippen LogP contribution in [0.3, 0.4) is 0 Å². The van der Waals surface area contributed by atoms with Gasteiger partial charge in [0, 0.05) is 13.5 Å².